The molecule has 4 aromatic rings. The van der Waals surface area contributed by atoms with Crippen molar-refractivity contribution in [2.45, 2.75) is 33.7 Å². The molecule has 1 aliphatic heterocycles. The van der Waals surface area contributed by atoms with E-state index in [1.807, 2.05) is 13.8 Å². The molecule has 0 saturated heterocycles. The van der Waals surface area contributed by atoms with Crippen molar-refractivity contribution in [2.24, 2.45) is 4.99 Å². The SMILES string of the molecule is CCOC(=O)C1=C(C)N=c2s/c(=C\c3ccc(-c4cccc([N+](=O)[O-])c4)o3)c(=O)n2[C@@H]1c1ccc(OCC)c(OCC)c1. The van der Waals surface area contributed by atoms with Crippen molar-refractivity contribution in [1.29, 1.82) is 0 Å². The Labute approximate surface area is 250 Å². The van der Waals surface area contributed by atoms with E-state index in [0.717, 1.165) is 11.3 Å². The van der Waals surface area contributed by atoms with Crippen LogP contribution in [-0.4, -0.2) is 35.3 Å². The van der Waals surface area contributed by atoms with Gasteiger partial charge in [-0.1, -0.05) is 29.5 Å². The molecule has 1 aliphatic rings. The van der Waals surface area contributed by atoms with E-state index in [1.165, 1.54) is 16.7 Å². The second-order valence-corrected chi connectivity index (χ2v) is 10.4. The molecular weight excluding hydrogens is 574 g/mol. The molecule has 43 heavy (non-hydrogen) atoms. The number of fused-ring (bicyclic) bond motifs is 1. The summed E-state index contributed by atoms with van der Waals surface area (Å²) in [5, 5.41) is 11.2. The molecule has 2 aromatic carbocycles. The maximum atomic E-state index is 13.9. The van der Waals surface area contributed by atoms with Crippen LogP contribution >= 0.6 is 11.3 Å². The first-order chi connectivity index (χ1) is 20.7. The number of hydrogen-bond acceptors (Lipinski definition) is 10. The number of nitrogens with zero attached hydrogens (tertiary/aromatic N) is 3. The summed E-state index contributed by atoms with van der Waals surface area (Å²) >= 11 is 1.16. The van der Waals surface area contributed by atoms with Crippen LogP contribution in [0.15, 0.2) is 80.1 Å². The van der Waals surface area contributed by atoms with Crippen LogP contribution in [0.2, 0.25) is 0 Å². The van der Waals surface area contributed by atoms with Gasteiger partial charge >= 0.3 is 5.97 Å². The number of carbonyl (C=O) groups excluding carboxylic acids is 1. The highest BCUT2D eigenvalue weighted by molar-refractivity contribution is 7.07. The average Bonchev–Trinajstić information content (AvgIpc) is 3.58. The van der Waals surface area contributed by atoms with Crippen LogP contribution < -0.4 is 24.4 Å². The first-order valence-corrected chi connectivity index (χ1v) is 14.5. The summed E-state index contributed by atoms with van der Waals surface area (Å²) in [5.41, 5.74) is 1.42. The average molecular weight is 604 g/mol. The second-order valence-electron chi connectivity index (χ2n) is 9.38. The third-order valence-electron chi connectivity index (χ3n) is 6.64. The fraction of sp³-hybridized carbons (Fsp3) is 0.258. The Hall–Kier alpha value is -4.97. The van der Waals surface area contributed by atoms with Crippen molar-refractivity contribution in [2.75, 3.05) is 19.8 Å². The largest absolute Gasteiger partial charge is 0.490 e. The maximum absolute atomic E-state index is 13.9. The number of benzene rings is 2. The molecule has 0 N–H and O–H groups in total. The predicted molar refractivity (Wildman–Crippen MR) is 160 cm³/mol. The van der Waals surface area contributed by atoms with Crippen LogP contribution in [0.4, 0.5) is 5.69 Å². The number of hydrogen-bond donors (Lipinski definition) is 0. The Morgan fingerprint density at radius 2 is 1.84 bits per heavy atom. The van der Waals surface area contributed by atoms with Crippen molar-refractivity contribution in [3.05, 3.63) is 107 Å². The molecule has 0 radical (unpaired) electrons. The van der Waals surface area contributed by atoms with Gasteiger partial charge in [-0.15, -0.1) is 0 Å². The Morgan fingerprint density at radius 3 is 2.56 bits per heavy atom. The molecule has 5 rings (SSSR count). The van der Waals surface area contributed by atoms with Gasteiger partial charge in [0.15, 0.2) is 16.3 Å². The van der Waals surface area contributed by atoms with Gasteiger partial charge in [0.2, 0.25) is 0 Å². The molecule has 0 bridgehead atoms. The highest BCUT2D eigenvalue weighted by Gasteiger charge is 2.34. The number of ether oxygens (including phenoxy) is 3. The minimum atomic E-state index is -0.829. The lowest BCUT2D eigenvalue weighted by molar-refractivity contribution is -0.384. The molecule has 0 unspecified atom stereocenters. The monoisotopic (exact) mass is 603 g/mol. The molecule has 0 fully saturated rings. The van der Waals surface area contributed by atoms with Gasteiger partial charge < -0.3 is 18.6 Å². The highest BCUT2D eigenvalue weighted by atomic mass is 32.1. The molecule has 0 amide bonds. The third kappa shape index (κ3) is 5.86. The number of rotatable bonds is 10. The lowest BCUT2D eigenvalue weighted by Crippen LogP contribution is -2.40. The summed E-state index contributed by atoms with van der Waals surface area (Å²) in [7, 11) is 0. The van der Waals surface area contributed by atoms with Gasteiger partial charge in [0.1, 0.15) is 11.5 Å². The molecule has 1 atom stereocenters. The van der Waals surface area contributed by atoms with E-state index in [9.17, 15) is 19.7 Å². The quantitative estimate of drug-likeness (QED) is 0.144. The van der Waals surface area contributed by atoms with E-state index in [-0.39, 0.29) is 23.4 Å². The van der Waals surface area contributed by atoms with Crippen LogP contribution in [0.5, 0.6) is 11.5 Å². The summed E-state index contributed by atoms with van der Waals surface area (Å²) in [6, 6.07) is 14.0. The van der Waals surface area contributed by atoms with Crippen LogP contribution in [-0.2, 0) is 9.53 Å². The van der Waals surface area contributed by atoms with E-state index in [2.05, 4.69) is 4.99 Å². The fourth-order valence-corrected chi connectivity index (χ4v) is 5.86. The fourth-order valence-electron chi connectivity index (χ4n) is 4.83. The smallest absolute Gasteiger partial charge is 0.338 e. The number of thiazole rings is 1. The van der Waals surface area contributed by atoms with E-state index < -0.39 is 16.9 Å². The minimum absolute atomic E-state index is 0.0571. The number of nitro benzene ring substituents is 1. The van der Waals surface area contributed by atoms with Gasteiger partial charge in [-0.05, 0) is 57.5 Å². The van der Waals surface area contributed by atoms with Gasteiger partial charge in [0.05, 0.1) is 46.6 Å². The number of aromatic nitrogens is 1. The second kappa shape index (κ2) is 12.5. The standard InChI is InChI=1S/C31H29N3O8S/c1-5-39-24-13-11-20(16-25(24)40-6-2)28-27(30(36)41-7-3)18(4)32-31-33(28)29(35)26(43-31)17-22-12-14-23(42-22)19-9-8-10-21(15-19)34(37)38/h8-17,28H,5-7H2,1-4H3/b26-17-/t28-/m1/s1. The number of carbonyl (C=O) groups is 1. The van der Waals surface area contributed by atoms with E-state index in [0.29, 0.717) is 62.4 Å². The number of nitro groups is 1. The highest BCUT2D eigenvalue weighted by Crippen LogP contribution is 2.36. The van der Waals surface area contributed by atoms with Gasteiger partial charge in [-0.2, -0.15) is 0 Å². The van der Waals surface area contributed by atoms with Crippen molar-refractivity contribution in [3.8, 4) is 22.8 Å². The Bertz CT molecular complexity index is 1920. The summed E-state index contributed by atoms with van der Waals surface area (Å²) < 4.78 is 24.7. The molecule has 0 spiro atoms. The molecule has 0 saturated carbocycles. The lowest BCUT2D eigenvalue weighted by Gasteiger charge is -2.25. The van der Waals surface area contributed by atoms with E-state index in [4.69, 9.17) is 18.6 Å². The molecule has 3 heterocycles. The molecule has 12 heteroatoms. The number of non-ortho nitro benzene ring substituents is 1. The molecule has 0 aliphatic carbocycles. The number of allylic oxidation sites excluding steroid dienone is 1. The van der Waals surface area contributed by atoms with Crippen molar-refractivity contribution >= 4 is 29.1 Å². The number of esters is 1. The normalized spacial score (nSPS) is 14.7. The molecule has 222 valence electrons. The van der Waals surface area contributed by atoms with E-state index >= 15 is 0 Å². The van der Waals surface area contributed by atoms with Gasteiger partial charge in [0, 0.05) is 23.8 Å². The Kier molecular flexibility index (Phi) is 8.58. The first-order valence-electron chi connectivity index (χ1n) is 13.7. The summed E-state index contributed by atoms with van der Waals surface area (Å²) in [6.07, 6.45) is 1.59. The van der Waals surface area contributed by atoms with Crippen molar-refractivity contribution in [3.63, 3.8) is 0 Å². The molecule has 2 aromatic heterocycles. The predicted octanol–water partition coefficient (Wildman–Crippen LogP) is 4.76. The van der Waals surface area contributed by atoms with E-state index in [1.54, 1.807) is 62.4 Å². The van der Waals surface area contributed by atoms with Crippen molar-refractivity contribution < 1.29 is 28.3 Å². The summed E-state index contributed by atoms with van der Waals surface area (Å²) in [6.45, 7) is 8.16. The van der Waals surface area contributed by atoms with Crippen LogP contribution in [0.1, 0.15) is 45.1 Å². The first kappa shape index (κ1) is 29.5. The topological polar surface area (TPSA) is 135 Å². The summed E-state index contributed by atoms with van der Waals surface area (Å²) in [5.74, 6) is 1.27. The Balaban J connectivity index is 1.63. The maximum Gasteiger partial charge on any atom is 0.338 e. The number of furan rings is 1. The molecular formula is C31H29N3O8S. The van der Waals surface area contributed by atoms with Gasteiger partial charge in [-0.3, -0.25) is 19.5 Å². The third-order valence-corrected chi connectivity index (χ3v) is 7.62. The zero-order valence-corrected chi connectivity index (χ0v) is 24.8. The van der Waals surface area contributed by atoms with Crippen LogP contribution in [0.25, 0.3) is 17.4 Å². The lowest BCUT2D eigenvalue weighted by atomic mass is 9.95. The van der Waals surface area contributed by atoms with Gasteiger partial charge in [0.25, 0.3) is 11.2 Å². The zero-order chi connectivity index (χ0) is 30.7. The minimum Gasteiger partial charge on any atom is -0.490 e. The van der Waals surface area contributed by atoms with Crippen LogP contribution in [0, 0.1) is 10.1 Å². The Morgan fingerprint density at radius 1 is 1.07 bits per heavy atom. The van der Waals surface area contributed by atoms with Crippen molar-refractivity contribution in [1.82, 2.24) is 4.57 Å². The van der Waals surface area contributed by atoms with Crippen LogP contribution in [0.3, 0.4) is 0 Å². The molecule has 11 nitrogen and oxygen atoms in total. The van der Waals surface area contributed by atoms with Gasteiger partial charge in [-0.25, -0.2) is 9.79 Å². The summed E-state index contributed by atoms with van der Waals surface area (Å²) in [4.78, 5) is 42.9. The zero-order valence-electron chi connectivity index (χ0n) is 24.0.